The van der Waals surface area contributed by atoms with Crippen LogP contribution in [0.2, 0.25) is 5.02 Å². The first kappa shape index (κ1) is 28.2. The molecule has 3 atom stereocenters. The number of rotatable bonds is 6. The van der Waals surface area contributed by atoms with Crippen molar-refractivity contribution in [2.75, 3.05) is 19.1 Å². The van der Waals surface area contributed by atoms with Gasteiger partial charge in [0, 0.05) is 47.1 Å². The zero-order valence-electron chi connectivity index (χ0n) is 23.8. The number of ether oxygens (including phenoxy) is 1. The first-order chi connectivity index (χ1) is 21.1. The van der Waals surface area contributed by atoms with Crippen molar-refractivity contribution in [3.05, 3.63) is 65.6 Å². The number of hydrogen-bond acceptors (Lipinski definition) is 10. The van der Waals surface area contributed by atoms with E-state index in [0.717, 1.165) is 30.2 Å². The topological polar surface area (TPSA) is 174 Å². The molecule has 0 aliphatic carbocycles. The molecule has 2 aliphatic rings. The van der Waals surface area contributed by atoms with Gasteiger partial charge in [-0.15, -0.1) is 10.2 Å². The average molecular weight is 634 g/mol. The summed E-state index contributed by atoms with van der Waals surface area (Å²) in [5.74, 6) is 0.340. The highest BCUT2D eigenvalue weighted by atomic mass is 35.5. The molecule has 0 spiro atoms. The number of carbonyl (C=O) groups excluding carboxylic acids is 1. The zero-order valence-corrected chi connectivity index (χ0v) is 25.4. The van der Waals surface area contributed by atoms with Crippen molar-refractivity contribution in [2.45, 2.75) is 48.6 Å². The van der Waals surface area contributed by atoms with Crippen LogP contribution in [0, 0.1) is 0 Å². The Hall–Kier alpha value is -4.56. The van der Waals surface area contributed by atoms with Gasteiger partial charge in [0.2, 0.25) is 5.82 Å². The number of piperidine rings is 1. The van der Waals surface area contributed by atoms with Crippen molar-refractivity contribution in [2.24, 2.45) is 0 Å². The Labute approximate surface area is 257 Å². The number of nitrogens with zero attached hydrogens (tertiary/aromatic N) is 7. The second-order valence-electron chi connectivity index (χ2n) is 11.2. The molecule has 15 heteroatoms. The summed E-state index contributed by atoms with van der Waals surface area (Å²) in [6.07, 6.45) is 8.54. The van der Waals surface area contributed by atoms with Gasteiger partial charge in [-0.2, -0.15) is 9.61 Å². The van der Waals surface area contributed by atoms with Crippen molar-refractivity contribution in [3.8, 4) is 28.1 Å². The van der Waals surface area contributed by atoms with Crippen molar-refractivity contribution in [3.63, 3.8) is 0 Å². The van der Waals surface area contributed by atoms with E-state index < -0.39 is 9.84 Å². The molecule has 2 fully saturated rings. The number of pyridine rings is 1. The van der Waals surface area contributed by atoms with Crippen LogP contribution in [-0.2, 0) is 9.84 Å². The van der Waals surface area contributed by atoms with Crippen LogP contribution in [0.15, 0.2) is 53.9 Å². The number of methoxy groups -OCH3 is 1. The number of aromatic amines is 1. The van der Waals surface area contributed by atoms with Gasteiger partial charge in [0.05, 0.1) is 29.7 Å². The second kappa shape index (κ2) is 10.6. The Morgan fingerprint density at radius 2 is 1.86 bits per heavy atom. The van der Waals surface area contributed by atoms with Gasteiger partial charge in [-0.05, 0) is 49.9 Å². The predicted molar refractivity (Wildman–Crippen MR) is 162 cm³/mol. The molecule has 1 unspecified atom stereocenters. The standard InChI is InChI=1S/C29H28ClN9O4S/c1-43-23-8-4-15(11-21(23)30)22-7-3-16(12-32-22)20-13-35-39-26(31)25(44(2,41)42)24(36-28(20)39)17-9-18-5-6-19(10-17)38(18)29(40)27-33-14-34-37-27/h3-4,7-8,11-14,17-19H,5-6,9-10,31H2,1-2H3,(H,33,34,37)/t17?,18-,19+. The van der Waals surface area contributed by atoms with Crippen LogP contribution in [0.4, 0.5) is 5.82 Å². The minimum atomic E-state index is -3.77. The van der Waals surface area contributed by atoms with E-state index in [-0.39, 0.29) is 40.4 Å². The van der Waals surface area contributed by atoms with E-state index in [9.17, 15) is 13.2 Å². The van der Waals surface area contributed by atoms with Crippen LogP contribution < -0.4 is 10.5 Å². The minimum Gasteiger partial charge on any atom is -0.495 e. The van der Waals surface area contributed by atoms with E-state index in [1.54, 1.807) is 31.6 Å². The average Bonchev–Trinajstić information content (AvgIpc) is 3.75. The number of hydrogen-bond donors (Lipinski definition) is 2. The van der Waals surface area contributed by atoms with Crippen LogP contribution in [0.5, 0.6) is 5.75 Å². The van der Waals surface area contributed by atoms with E-state index in [4.69, 9.17) is 27.1 Å². The van der Waals surface area contributed by atoms with Crippen LogP contribution in [0.3, 0.4) is 0 Å². The predicted octanol–water partition coefficient (Wildman–Crippen LogP) is 3.77. The van der Waals surface area contributed by atoms with Crippen molar-refractivity contribution in [1.82, 2.24) is 39.7 Å². The van der Waals surface area contributed by atoms with Gasteiger partial charge in [-0.25, -0.2) is 13.4 Å². The molecule has 2 aliphatic heterocycles. The Morgan fingerprint density at radius 3 is 2.48 bits per heavy atom. The molecule has 0 saturated carbocycles. The number of carbonyl (C=O) groups is 1. The summed E-state index contributed by atoms with van der Waals surface area (Å²) in [5, 5.41) is 12.5. The fourth-order valence-electron chi connectivity index (χ4n) is 6.59. The molecule has 44 heavy (non-hydrogen) atoms. The molecule has 0 radical (unpaired) electrons. The lowest BCUT2D eigenvalue weighted by Crippen LogP contribution is -2.46. The van der Waals surface area contributed by atoms with E-state index in [0.29, 0.717) is 46.2 Å². The van der Waals surface area contributed by atoms with Crippen LogP contribution >= 0.6 is 11.6 Å². The number of nitrogen functional groups attached to an aromatic ring is 1. The Kier molecular flexibility index (Phi) is 6.77. The molecule has 2 saturated heterocycles. The highest BCUT2D eigenvalue weighted by molar-refractivity contribution is 7.91. The maximum Gasteiger partial charge on any atom is 0.292 e. The summed E-state index contributed by atoms with van der Waals surface area (Å²) < 4.78 is 32.8. The van der Waals surface area contributed by atoms with E-state index >= 15 is 0 Å². The van der Waals surface area contributed by atoms with Crippen LogP contribution in [0.1, 0.15) is 47.9 Å². The fraction of sp³-hybridized carbons (Fsp3) is 0.310. The molecule has 3 N–H and O–H groups in total. The second-order valence-corrected chi connectivity index (χ2v) is 13.5. The van der Waals surface area contributed by atoms with E-state index in [1.807, 2.05) is 23.1 Å². The summed E-state index contributed by atoms with van der Waals surface area (Å²) in [6, 6.07) is 9.04. The first-order valence-electron chi connectivity index (χ1n) is 14.0. The van der Waals surface area contributed by atoms with Crippen LogP contribution in [-0.4, -0.2) is 79.4 Å². The van der Waals surface area contributed by atoms with Crippen LogP contribution in [0.25, 0.3) is 28.0 Å². The quantitative estimate of drug-likeness (QED) is 0.280. The highest BCUT2D eigenvalue weighted by Gasteiger charge is 2.46. The molecule has 2 bridgehead atoms. The monoisotopic (exact) mass is 633 g/mol. The molecule has 4 aromatic heterocycles. The number of nitrogens with two attached hydrogens (primary N) is 1. The number of halogens is 1. The maximum absolute atomic E-state index is 13.2. The van der Waals surface area contributed by atoms with Gasteiger partial charge in [0.1, 0.15) is 22.8 Å². The molecular weight excluding hydrogens is 606 g/mol. The van der Waals surface area contributed by atoms with Gasteiger partial charge in [0.15, 0.2) is 15.5 Å². The number of fused-ring (bicyclic) bond motifs is 3. The summed E-state index contributed by atoms with van der Waals surface area (Å²) >= 11 is 6.31. The van der Waals surface area contributed by atoms with Gasteiger partial charge in [-0.1, -0.05) is 17.7 Å². The lowest BCUT2D eigenvalue weighted by molar-refractivity contribution is 0.0556. The smallest absolute Gasteiger partial charge is 0.292 e. The molecule has 13 nitrogen and oxygen atoms in total. The van der Waals surface area contributed by atoms with E-state index in [1.165, 1.54) is 10.8 Å². The SMILES string of the molecule is COc1ccc(-c2ccc(-c3cnn4c(N)c(S(C)(=O)=O)c(C5C[C@H]6CC[C@@H](C5)N6C(=O)c5nnc[nH]5)nc34)cn2)cc1Cl. The van der Waals surface area contributed by atoms with Crippen molar-refractivity contribution in [1.29, 1.82) is 0 Å². The number of amides is 1. The minimum absolute atomic E-state index is 0.00344. The maximum atomic E-state index is 13.2. The summed E-state index contributed by atoms with van der Waals surface area (Å²) in [7, 11) is -2.21. The number of sulfone groups is 1. The van der Waals surface area contributed by atoms with Gasteiger partial charge in [-0.3, -0.25) is 9.78 Å². The number of anilines is 1. The third kappa shape index (κ3) is 4.65. The summed E-state index contributed by atoms with van der Waals surface area (Å²) in [5.41, 5.74) is 10.3. The molecule has 5 aromatic rings. The highest BCUT2D eigenvalue weighted by Crippen LogP contribution is 2.45. The molecule has 226 valence electrons. The number of benzene rings is 1. The lowest BCUT2D eigenvalue weighted by Gasteiger charge is -2.38. The van der Waals surface area contributed by atoms with Crippen molar-refractivity contribution >= 4 is 38.8 Å². The number of nitrogens with one attached hydrogen (secondary N) is 1. The fourth-order valence-corrected chi connectivity index (χ4v) is 7.91. The lowest BCUT2D eigenvalue weighted by atomic mass is 9.87. The molecular formula is C29H28ClN9O4S. The summed E-state index contributed by atoms with van der Waals surface area (Å²) in [4.78, 5) is 27.4. The third-order valence-corrected chi connectivity index (χ3v) is 9.99. The Morgan fingerprint density at radius 1 is 1.11 bits per heavy atom. The summed E-state index contributed by atoms with van der Waals surface area (Å²) in [6.45, 7) is 0. The van der Waals surface area contributed by atoms with Gasteiger partial charge in [0.25, 0.3) is 5.91 Å². The molecule has 6 heterocycles. The number of aromatic nitrogens is 7. The Balaban J connectivity index is 1.26. The van der Waals surface area contributed by atoms with E-state index in [2.05, 4.69) is 25.3 Å². The molecule has 1 aromatic carbocycles. The largest absolute Gasteiger partial charge is 0.495 e. The molecule has 7 rings (SSSR count). The van der Waals surface area contributed by atoms with Crippen molar-refractivity contribution < 1.29 is 17.9 Å². The first-order valence-corrected chi connectivity index (χ1v) is 16.3. The normalized spacial score (nSPS) is 19.9. The zero-order chi connectivity index (χ0) is 30.7. The van der Waals surface area contributed by atoms with Gasteiger partial charge >= 0.3 is 0 Å². The molecule has 1 amide bonds. The number of H-pyrrole nitrogens is 1. The van der Waals surface area contributed by atoms with Gasteiger partial charge < -0.3 is 20.4 Å². The third-order valence-electron chi connectivity index (χ3n) is 8.53. The Bertz CT molecular complexity index is 2000.